The van der Waals surface area contributed by atoms with Crippen molar-refractivity contribution in [1.82, 2.24) is 19.7 Å². The molecule has 0 amide bonds. The first-order valence-electron chi connectivity index (χ1n) is 6.84. The molecule has 3 rings (SSSR count). The fraction of sp³-hybridized carbons (Fsp3) is 0.429. The lowest BCUT2D eigenvalue weighted by Crippen LogP contribution is -2.38. The summed E-state index contributed by atoms with van der Waals surface area (Å²) in [6, 6.07) is 7.36. The van der Waals surface area contributed by atoms with Gasteiger partial charge in [-0.1, -0.05) is 12.1 Å². The summed E-state index contributed by atoms with van der Waals surface area (Å²) in [4.78, 5) is 5.79. The van der Waals surface area contributed by atoms with Crippen LogP contribution in [-0.2, 0) is 6.54 Å². The van der Waals surface area contributed by atoms with Gasteiger partial charge in [-0.2, -0.15) is 5.10 Å². The molecule has 1 aliphatic heterocycles. The normalized spacial score (nSPS) is 26.3. The summed E-state index contributed by atoms with van der Waals surface area (Å²) in [6.07, 6.45) is 1.40. The fourth-order valence-corrected chi connectivity index (χ4v) is 2.69. The molecule has 1 aliphatic rings. The quantitative estimate of drug-likeness (QED) is 0.680. The summed E-state index contributed by atoms with van der Waals surface area (Å²) >= 11 is 0. The molecule has 112 valence electrons. The van der Waals surface area contributed by atoms with Gasteiger partial charge in [-0.3, -0.25) is 4.90 Å². The van der Waals surface area contributed by atoms with E-state index in [2.05, 4.69) is 10.1 Å². The molecular weight excluding hydrogens is 272 g/mol. The van der Waals surface area contributed by atoms with Crippen molar-refractivity contribution in [1.29, 1.82) is 0 Å². The highest BCUT2D eigenvalue weighted by molar-refractivity contribution is 5.33. The molecule has 3 N–H and O–H groups in total. The van der Waals surface area contributed by atoms with Crippen molar-refractivity contribution in [3.05, 3.63) is 42.5 Å². The number of nitrogens with zero attached hydrogens (tertiary/aromatic N) is 4. The van der Waals surface area contributed by atoms with Crippen molar-refractivity contribution in [2.45, 2.75) is 24.8 Å². The number of aliphatic hydroxyl groups is 3. The molecule has 1 saturated heterocycles. The Morgan fingerprint density at radius 1 is 1.19 bits per heavy atom. The minimum absolute atomic E-state index is 0.171. The minimum Gasteiger partial charge on any atom is -0.395 e. The van der Waals surface area contributed by atoms with Crippen LogP contribution in [0.2, 0.25) is 0 Å². The average molecular weight is 290 g/mol. The molecule has 2 aromatic rings. The summed E-state index contributed by atoms with van der Waals surface area (Å²) in [5.41, 5.74) is 1.95. The smallest absolute Gasteiger partial charge is 0.138 e. The van der Waals surface area contributed by atoms with Gasteiger partial charge in [0.05, 0.1) is 30.5 Å². The Hall–Kier alpha value is -1.80. The van der Waals surface area contributed by atoms with Crippen LogP contribution >= 0.6 is 0 Å². The Morgan fingerprint density at radius 2 is 1.95 bits per heavy atom. The lowest BCUT2D eigenvalue weighted by atomic mass is 10.1. The number of aliphatic hydroxyl groups excluding tert-OH is 3. The van der Waals surface area contributed by atoms with Crippen molar-refractivity contribution in [3.8, 4) is 5.69 Å². The monoisotopic (exact) mass is 290 g/mol. The van der Waals surface area contributed by atoms with Crippen LogP contribution in [0.3, 0.4) is 0 Å². The average Bonchev–Trinajstić information content (AvgIpc) is 3.10. The van der Waals surface area contributed by atoms with Gasteiger partial charge in [-0.05, 0) is 17.7 Å². The highest BCUT2D eigenvalue weighted by Crippen LogP contribution is 2.21. The number of rotatable bonds is 4. The predicted octanol–water partition coefficient (Wildman–Crippen LogP) is -0.834. The Bertz CT molecular complexity index is 572. The SMILES string of the molecule is OC[C@@H]1[C@@H](O)[C@@H](O)CN1Cc1ccc(-n2cncn2)cc1. The maximum absolute atomic E-state index is 9.80. The highest BCUT2D eigenvalue weighted by atomic mass is 16.3. The van der Waals surface area contributed by atoms with Crippen LogP contribution < -0.4 is 0 Å². The molecule has 1 aromatic carbocycles. The van der Waals surface area contributed by atoms with Crippen molar-refractivity contribution in [2.75, 3.05) is 13.2 Å². The van der Waals surface area contributed by atoms with Gasteiger partial charge in [-0.25, -0.2) is 9.67 Å². The van der Waals surface area contributed by atoms with Crippen molar-refractivity contribution >= 4 is 0 Å². The third-order valence-electron chi connectivity index (χ3n) is 3.87. The van der Waals surface area contributed by atoms with E-state index >= 15 is 0 Å². The number of hydrogen-bond donors (Lipinski definition) is 3. The van der Waals surface area contributed by atoms with Gasteiger partial charge in [0, 0.05) is 13.1 Å². The second kappa shape index (κ2) is 5.90. The lowest BCUT2D eigenvalue weighted by molar-refractivity contribution is 0.0210. The molecular formula is C14H18N4O3. The first-order chi connectivity index (χ1) is 10.2. The van der Waals surface area contributed by atoms with E-state index in [4.69, 9.17) is 0 Å². The molecule has 0 bridgehead atoms. The fourth-order valence-electron chi connectivity index (χ4n) is 2.69. The molecule has 1 aromatic heterocycles. The molecule has 0 spiro atoms. The van der Waals surface area contributed by atoms with E-state index in [0.717, 1.165) is 11.3 Å². The zero-order valence-corrected chi connectivity index (χ0v) is 11.4. The summed E-state index contributed by atoms with van der Waals surface area (Å²) in [5, 5.41) is 32.9. The summed E-state index contributed by atoms with van der Waals surface area (Å²) in [7, 11) is 0. The van der Waals surface area contributed by atoms with Gasteiger partial charge < -0.3 is 15.3 Å². The Labute approximate surface area is 122 Å². The first-order valence-corrected chi connectivity index (χ1v) is 6.84. The van der Waals surface area contributed by atoms with E-state index in [1.807, 2.05) is 29.2 Å². The Balaban J connectivity index is 1.71. The largest absolute Gasteiger partial charge is 0.395 e. The second-order valence-electron chi connectivity index (χ2n) is 5.24. The van der Waals surface area contributed by atoms with Crippen LogP contribution in [0, 0.1) is 0 Å². The molecule has 7 heteroatoms. The van der Waals surface area contributed by atoms with Gasteiger partial charge >= 0.3 is 0 Å². The molecule has 7 nitrogen and oxygen atoms in total. The molecule has 3 atom stereocenters. The van der Waals surface area contributed by atoms with Crippen molar-refractivity contribution in [3.63, 3.8) is 0 Å². The number of likely N-dealkylation sites (tertiary alicyclic amines) is 1. The van der Waals surface area contributed by atoms with Gasteiger partial charge in [0.15, 0.2) is 0 Å². The zero-order valence-electron chi connectivity index (χ0n) is 11.4. The van der Waals surface area contributed by atoms with E-state index in [0.29, 0.717) is 13.1 Å². The van der Waals surface area contributed by atoms with E-state index in [-0.39, 0.29) is 6.61 Å². The Kier molecular flexibility index (Phi) is 3.98. The van der Waals surface area contributed by atoms with Gasteiger partial charge in [0.2, 0.25) is 0 Å². The summed E-state index contributed by atoms with van der Waals surface area (Å²) in [5.74, 6) is 0. The number of aromatic nitrogens is 3. The van der Waals surface area contributed by atoms with Crippen molar-refractivity contribution < 1.29 is 15.3 Å². The van der Waals surface area contributed by atoms with Crippen LogP contribution in [-0.4, -0.2) is 66.4 Å². The van der Waals surface area contributed by atoms with Gasteiger partial charge in [0.25, 0.3) is 0 Å². The summed E-state index contributed by atoms with van der Waals surface area (Å²) < 4.78 is 1.67. The maximum atomic E-state index is 9.80. The molecule has 0 unspecified atom stereocenters. The van der Waals surface area contributed by atoms with Crippen LogP contribution in [0.15, 0.2) is 36.9 Å². The number of hydrogen-bond acceptors (Lipinski definition) is 6. The standard InChI is InChI=1S/C14H18N4O3/c19-7-12-14(21)13(20)6-17(12)5-10-1-3-11(4-2-10)18-9-15-8-16-18/h1-4,8-9,12-14,19-21H,5-7H2/t12-,13+,14-/m1/s1. The number of benzene rings is 1. The molecule has 0 aliphatic carbocycles. The third-order valence-corrected chi connectivity index (χ3v) is 3.87. The van der Waals surface area contributed by atoms with Gasteiger partial charge in [-0.15, -0.1) is 0 Å². The van der Waals surface area contributed by atoms with E-state index in [9.17, 15) is 15.3 Å². The van der Waals surface area contributed by atoms with Crippen molar-refractivity contribution in [2.24, 2.45) is 0 Å². The zero-order chi connectivity index (χ0) is 14.8. The third kappa shape index (κ3) is 2.81. The highest BCUT2D eigenvalue weighted by Gasteiger charge is 2.39. The molecule has 0 radical (unpaired) electrons. The molecule has 1 fully saturated rings. The molecule has 2 heterocycles. The molecule has 21 heavy (non-hydrogen) atoms. The van der Waals surface area contributed by atoms with E-state index < -0.39 is 18.2 Å². The van der Waals surface area contributed by atoms with E-state index in [1.54, 1.807) is 11.0 Å². The topological polar surface area (TPSA) is 94.6 Å². The Morgan fingerprint density at radius 3 is 2.57 bits per heavy atom. The van der Waals surface area contributed by atoms with E-state index in [1.165, 1.54) is 6.33 Å². The van der Waals surface area contributed by atoms with Crippen LogP contribution in [0.25, 0.3) is 5.69 Å². The maximum Gasteiger partial charge on any atom is 0.138 e. The minimum atomic E-state index is -0.899. The number of β-amino-alcohol motifs (C(OH)–C–C–N with tert-alkyl or cyclic N) is 1. The van der Waals surface area contributed by atoms with Crippen LogP contribution in [0.1, 0.15) is 5.56 Å². The second-order valence-corrected chi connectivity index (χ2v) is 5.24. The van der Waals surface area contributed by atoms with Gasteiger partial charge in [0.1, 0.15) is 12.7 Å². The lowest BCUT2D eigenvalue weighted by Gasteiger charge is -2.23. The predicted molar refractivity (Wildman–Crippen MR) is 74.7 cm³/mol. The summed E-state index contributed by atoms with van der Waals surface area (Å²) in [6.45, 7) is 0.753. The van der Waals surface area contributed by atoms with Crippen LogP contribution in [0.5, 0.6) is 0 Å². The first kappa shape index (κ1) is 14.2. The molecule has 0 saturated carbocycles. The van der Waals surface area contributed by atoms with Crippen LogP contribution in [0.4, 0.5) is 0 Å².